The van der Waals surface area contributed by atoms with Crippen LogP contribution in [-0.4, -0.2) is 13.1 Å². The van der Waals surface area contributed by atoms with Crippen LogP contribution in [0.25, 0.3) is 0 Å². The molecule has 4 heteroatoms. The van der Waals surface area contributed by atoms with Gasteiger partial charge in [-0.05, 0) is 46.1 Å². The smallest absolute Gasteiger partial charge is 0.0520 e. The lowest BCUT2D eigenvalue weighted by atomic mass is 10.1. The van der Waals surface area contributed by atoms with Gasteiger partial charge >= 0.3 is 0 Å². The molecule has 0 amide bonds. The van der Waals surface area contributed by atoms with Crippen LogP contribution in [0.1, 0.15) is 29.9 Å². The first-order valence-corrected chi connectivity index (χ1v) is 8.90. The molecular weight excluding hydrogens is 344 g/mol. The predicted octanol–water partition coefficient (Wildman–Crippen LogP) is 4.95. The number of thiophene rings is 1. The van der Waals surface area contributed by atoms with E-state index in [4.69, 9.17) is 0 Å². The summed E-state index contributed by atoms with van der Waals surface area (Å²) in [6, 6.07) is 9.45. The number of hydrogen-bond donors (Lipinski definition) is 1. The minimum atomic E-state index is 0.518. The van der Waals surface area contributed by atoms with Gasteiger partial charge in [0.2, 0.25) is 0 Å². The van der Waals surface area contributed by atoms with Gasteiger partial charge < -0.3 is 10.2 Å². The van der Waals surface area contributed by atoms with Crippen molar-refractivity contribution < 1.29 is 0 Å². The number of hydrogen-bond acceptors (Lipinski definition) is 3. The van der Waals surface area contributed by atoms with Crippen molar-refractivity contribution in [2.24, 2.45) is 0 Å². The van der Waals surface area contributed by atoms with Gasteiger partial charge in [-0.1, -0.05) is 26.0 Å². The van der Waals surface area contributed by atoms with E-state index < -0.39 is 0 Å². The third-order valence-electron chi connectivity index (χ3n) is 3.40. The van der Waals surface area contributed by atoms with E-state index in [0.29, 0.717) is 6.04 Å². The van der Waals surface area contributed by atoms with Crippen molar-refractivity contribution in [2.45, 2.75) is 39.9 Å². The molecule has 2 nitrogen and oxygen atoms in total. The second-order valence-electron chi connectivity index (χ2n) is 5.74. The van der Waals surface area contributed by atoms with E-state index in [1.54, 1.807) is 11.3 Å². The Labute approximate surface area is 140 Å². The number of benzene rings is 1. The summed E-state index contributed by atoms with van der Waals surface area (Å²) in [6.07, 6.45) is 0. The van der Waals surface area contributed by atoms with Crippen molar-refractivity contribution in [3.63, 3.8) is 0 Å². The first-order chi connectivity index (χ1) is 9.95. The highest BCUT2D eigenvalue weighted by Crippen LogP contribution is 2.25. The van der Waals surface area contributed by atoms with E-state index in [1.807, 2.05) is 0 Å². The van der Waals surface area contributed by atoms with Crippen LogP contribution in [-0.2, 0) is 13.1 Å². The molecule has 0 spiro atoms. The standard InChI is InChI=1S/C17H23BrN2S/c1-12(2)19-9-14-5-6-17(13(3)7-14)20(4)10-16-8-15(18)11-21-16/h5-8,11-12,19H,9-10H2,1-4H3. The predicted molar refractivity (Wildman–Crippen MR) is 97.3 cm³/mol. The number of aryl methyl sites for hydroxylation is 1. The molecule has 1 heterocycles. The van der Waals surface area contributed by atoms with Gasteiger partial charge in [0.05, 0.1) is 6.54 Å². The van der Waals surface area contributed by atoms with Crippen LogP contribution in [0.3, 0.4) is 0 Å². The molecule has 2 aromatic rings. The molecule has 0 saturated heterocycles. The van der Waals surface area contributed by atoms with E-state index in [-0.39, 0.29) is 0 Å². The fourth-order valence-corrected chi connectivity index (χ4v) is 3.84. The zero-order chi connectivity index (χ0) is 15.4. The van der Waals surface area contributed by atoms with Crippen LogP contribution in [0.5, 0.6) is 0 Å². The summed E-state index contributed by atoms with van der Waals surface area (Å²) in [5.41, 5.74) is 3.97. The van der Waals surface area contributed by atoms with Gasteiger partial charge in [-0.25, -0.2) is 0 Å². The lowest BCUT2D eigenvalue weighted by molar-refractivity contribution is 0.588. The molecule has 114 valence electrons. The molecular formula is C17H23BrN2S. The molecule has 0 aliphatic heterocycles. The highest BCUT2D eigenvalue weighted by atomic mass is 79.9. The SMILES string of the molecule is Cc1cc(CNC(C)C)ccc1N(C)Cc1cc(Br)cs1. The van der Waals surface area contributed by atoms with Gasteiger partial charge in [0.1, 0.15) is 0 Å². The largest absolute Gasteiger partial charge is 0.369 e. The normalized spacial score (nSPS) is 11.1. The van der Waals surface area contributed by atoms with Crippen LogP contribution < -0.4 is 10.2 Å². The fraction of sp³-hybridized carbons (Fsp3) is 0.412. The van der Waals surface area contributed by atoms with Gasteiger partial charge in [-0.3, -0.25) is 0 Å². The van der Waals surface area contributed by atoms with Crippen LogP contribution in [0.15, 0.2) is 34.1 Å². The monoisotopic (exact) mass is 366 g/mol. The van der Waals surface area contributed by atoms with Gasteiger partial charge in [0, 0.05) is 40.1 Å². The second-order valence-corrected chi connectivity index (χ2v) is 7.66. The van der Waals surface area contributed by atoms with Gasteiger partial charge in [0.15, 0.2) is 0 Å². The Hall–Kier alpha value is -0.840. The Morgan fingerprint density at radius 2 is 2.05 bits per heavy atom. The number of anilines is 1. The molecule has 0 aliphatic rings. The molecule has 1 aromatic heterocycles. The minimum absolute atomic E-state index is 0.518. The van der Waals surface area contributed by atoms with Crippen molar-refractivity contribution >= 4 is 33.0 Å². The molecule has 2 rings (SSSR count). The lowest BCUT2D eigenvalue weighted by Gasteiger charge is -2.21. The van der Waals surface area contributed by atoms with E-state index in [9.17, 15) is 0 Å². The zero-order valence-electron chi connectivity index (χ0n) is 13.1. The average molecular weight is 367 g/mol. The Bertz CT molecular complexity index is 592. The fourth-order valence-electron chi connectivity index (χ4n) is 2.33. The highest BCUT2D eigenvalue weighted by Gasteiger charge is 2.08. The molecule has 21 heavy (non-hydrogen) atoms. The summed E-state index contributed by atoms with van der Waals surface area (Å²) in [7, 11) is 2.15. The molecule has 0 unspecified atom stereocenters. The maximum Gasteiger partial charge on any atom is 0.0520 e. The summed E-state index contributed by atoms with van der Waals surface area (Å²) in [4.78, 5) is 3.68. The molecule has 1 aromatic carbocycles. The quantitative estimate of drug-likeness (QED) is 0.777. The second kappa shape index (κ2) is 7.43. The van der Waals surface area contributed by atoms with Crippen molar-refractivity contribution in [2.75, 3.05) is 11.9 Å². The third kappa shape index (κ3) is 4.83. The van der Waals surface area contributed by atoms with Crippen molar-refractivity contribution in [3.05, 3.63) is 50.1 Å². The van der Waals surface area contributed by atoms with Crippen molar-refractivity contribution in [3.8, 4) is 0 Å². The third-order valence-corrected chi connectivity index (χ3v) is 5.08. The number of rotatable bonds is 6. The van der Waals surface area contributed by atoms with Crippen molar-refractivity contribution in [1.82, 2.24) is 5.32 Å². The maximum atomic E-state index is 3.52. The van der Waals surface area contributed by atoms with E-state index >= 15 is 0 Å². The van der Waals surface area contributed by atoms with Gasteiger partial charge in [-0.15, -0.1) is 11.3 Å². The first-order valence-electron chi connectivity index (χ1n) is 7.22. The summed E-state index contributed by atoms with van der Waals surface area (Å²) in [6.45, 7) is 8.42. The Morgan fingerprint density at radius 1 is 1.29 bits per heavy atom. The zero-order valence-corrected chi connectivity index (χ0v) is 15.5. The van der Waals surface area contributed by atoms with Gasteiger partial charge in [0.25, 0.3) is 0 Å². The molecule has 1 N–H and O–H groups in total. The van der Waals surface area contributed by atoms with Gasteiger partial charge in [-0.2, -0.15) is 0 Å². The van der Waals surface area contributed by atoms with Crippen molar-refractivity contribution in [1.29, 1.82) is 0 Å². The molecule has 0 atom stereocenters. The molecule has 0 saturated carbocycles. The average Bonchev–Trinajstić information content (AvgIpc) is 2.81. The first kappa shape index (κ1) is 16.5. The topological polar surface area (TPSA) is 15.3 Å². The number of nitrogens with one attached hydrogen (secondary N) is 1. The maximum absolute atomic E-state index is 3.52. The number of nitrogens with zero attached hydrogens (tertiary/aromatic N) is 1. The Balaban J connectivity index is 2.05. The highest BCUT2D eigenvalue weighted by molar-refractivity contribution is 9.10. The number of halogens is 1. The summed E-state index contributed by atoms with van der Waals surface area (Å²) < 4.78 is 1.17. The van der Waals surface area contributed by atoms with E-state index in [2.05, 4.69) is 83.6 Å². The van der Waals surface area contributed by atoms with E-state index in [1.165, 1.54) is 26.2 Å². The molecule has 0 aliphatic carbocycles. The van der Waals surface area contributed by atoms with Crippen LogP contribution in [0, 0.1) is 6.92 Å². The summed E-state index contributed by atoms with van der Waals surface area (Å²) >= 11 is 5.31. The van der Waals surface area contributed by atoms with E-state index in [0.717, 1.165) is 13.1 Å². The molecule has 0 bridgehead atoms. The molecule has 0 fully saturated rings. The molecule has 0 radical (unpaired) electrons. The Kier molecular flexibility index (Phi) is 5.85. The lowest BCUT2D eigenvalue weighted by Crippen LogP contribution is -2.22. The summed E-state index contributed by atoms with van der Waals surface area (Å²) in [5.74, 6) is 0. The van der Waals surface area contributed by atoms with Crippen LogP contribution in [0.4, 0.5) is 5.69 Å². The van der Waals surface area contributed by atoms with Crippen LogP contribution in [0.2, 0.25) is 0 Å². The summed E-state index contributed by atoms with van der Waals surface area (Å²) in [5, 5.41) is 5.60. The Morgan fingerprint density at radius 3 is 2.62 bits per heavy atom. The van der Waals surface area contributed by atoms with Crippen LogP contribution >= 0.6 is 27.3 Å². The minimum Gasteiger partial charge on any atom is -0.369 e.